The van der Waals surface area contributed by atoms with Crippen molar-refractivity contribution >= 4 is 16.9 Å². The van der Waals surface area contributed by atoms with Crippen molar-refractivity contribution in [3.05, 3.63) is 47.2 Å². The number of hydrogen-bond donors (Lipinski definition) is 2. The van der Waals surface area contributed by atoms with Gasteiger partial charge < -0.3 is 19.7 Å². The van der Waals surface area contributed by atoms with E-state index in [9.17, 15) is 9.90 Å². The van der Waals surface area contributed by atoms with E-state index in [4.69, 9.17) is 4.74 Å². The van der Waals surface area contributed by atoms with E-state index in [-0.39, 0.29) is 24.5 Å². The van der Waals surface area contributed by atoms with Crippen molar-refractivity contribution in [3.63, 3.8) is 0 Å². The molecule has 1 aromatic heterocycles. The summed E-state index contributed by atoms with van der Waals surface area (Å²) in [6.45, 7) is 2.82. The van der Waals surface area contributed by atoms with Crippen molar-refractivity contribution in [2.75, 3.05) is 20.3 Å². The summed E-state index contributed by atoms with van der Waals surface area (Å²) in [7, 11) is 1.44. The summed E-state index contributed by atoms with van der Waals surface area (Å²) in [5, 5.41) is 14.7. The largest absolute Gasteiger partial charge is 0.467 e. The Morgan fingerprint density at radius 2 is 2.24 bits per heavy atom. The molecule has 0 fully saturated rings. The molecule has 3 heterocycles. The maximum Gasteiger partial charge on any atom is 0.329 e. The molecule has 0 radical (unpaired) electrons. The van der Waals surface area contributed by atoms with Gasteiger partial charge in [0.15, 0.2) is 0 Å². The third kappa shape index (κ3) is 2.34. The van der Waals surface area contributed by atoms with Crippen LogP contribution in [0.1, 0.15) is 36.7 Å². The number of aliphatic hydroxyl groups excluding tert-OH is 1. The summed E-state index contributed by atoms with van der Waals surface area (Å²) in [5.74, 6) is -0.320. The van der Waals surface area contributed by atoms with Crippen molar-refractivity contribution in [2.24, 2.45) is 5.92 Å². The topological polar surface area (TPSA) is 63.5 Å². The molecule has 5 heteroatoms. The first kappa shape index (κ1) is 16.4. The molecule has 0 bridgehead atoms. The van der Waals surface area contributed by atoms with Crippen LogP contribution in [0.4, 0.5) is 0 Å². The smallest absolute Gasteiger partial charge is 0.329 e. The fourth-order valence-electron chi connectivity index (χ4n) is 4.69. The van der Waals surface area contributed by atoms with Gasteiger partial charge in [-0.1, -0.05) is 24.3 Å². The molecule has 3 atom stereocenters. The number of hydrogen-bond acceptors (Lipinski definition) is 4. The number of esters is 1. The van der Waals surface area contributed by atoms with E-state index in [0.717, 1.165) is 30.5 Å². The lowest BCUT2D eigenvalue weighted by Gasteiger charge is -2.40. The van der Waals surface area contributed by atoms with Gasteiger partial charge >= 0.3 is 5.97 Å². The minimum absolute atomic E-state index is 0.0389. The molecule has 0 aliphatic carbocycles. The number of nitrogens with zero attached hydrogens (tertiary/aromatic N) is 1. The maximum atomic E-state index is 12.8. The van der Waals surface area contributed by atoms with Gasteiger partial charge in [-0.05, 0) is 43.5 Å². The second-order valence-electron chi connectivity index (χ2n) is 6.84. The predicted octanol–water partition coefficient (Wildman–Crippen LogP) is 2.50. The Kier molecular flexibility index (Phi) is 4.13. The van der Waals surface area contributed by atoms with E-state index in [1.54, 1.807) is 0 Å². The number of aliphatic hydroxyl groups is 1. The van der Waals surface area contributed by atoms with Gasteiger partial charge in [-0.15, -0.1) is 0 Å². The lowest BCUT2D eigenvalue weighted by atomic mass is 9.79. The first-order valence-electron chi connectivity index (χ1n) is 8.90. The number of carbonyl (C=O) groups excluding carboxylic acids is 1. The Bertz CT molecular complexity index is 852. The van der Waals surface area contributed by atoms with Gasteiger partial charge in [-0.3, -0.25) is 0 Å². The molecular weight excluding hydrogens is 316 g/mol. The van der Waals surface area contributed by atoms with Crippen LogP contribution < -0.4 is 5.32 Å². The molecule has 2 aliphatic rings. The van der Waals surface area contributed by atoms with Crippen molar-refractivity contribution in [2.45, 2.75) is 31.8 Å². The molecule has 2 aromatic rings. The third-order valence-electron chi connectivity index (χ3n) is 5.77. The molecule has 0 amide bonds. The molecule has 0 saturated heterocycles. The molecule has 2 aliphatic heterocycles. The number of para-hydroxylation sites is 1. The van der Waals surface area contributed by atoms with Crippen LogP contribution in [0.3, 0.4) is 0 Å². The van der Waals surface area contributed by atoms with Crippen molar-refractivity contribution in [1.82, 2.24) is 9.88 Å². The molecule has 1 aromatic carbocycles. The third-order valence-corrected chi connectivity index (χ3v) is 5.77. The Hall–Kier alpha value is -2.11. The van der Waals surface area contributed by atoms with Gasteiger partial charge in [-0.2, -0.15) is 0 Å². The highest BCUT2D eigenvalue weighted by atomic mass is 16.5. The highest BCUT2D eigenvalue weighted by Gasteiger charge is 2.44. The van der Waals surface area contributed by atoms with Gasteiger partial charge in [0.25, 0.3) is 0 Å². The van der Waals surface area contributed by atoms with Crippen LogP contribution in [0.5, 0.6) is 0 Å². The highest BCUT2D eigenvalue weighted by Crippen LogP contribution is 2.47. The second kappa shape index (κ2) is 6.32. The predicted molar refractivity (Wildman–Crippen MR) is 96.4 cm³/mol. The Balaban J connectivity index is 2.01. The number of benzene rings is 1. The molecule has 132 valence electrons. The van der Waals surface area contributed by atoms with E-state index in [2.05, 4.69) is 28.1 Å². The molecule has 5 nitrogen and oxygen atoms in total. The van der Waals surface area contributed by atoms with Crippen LogP contribution in [-0.2, 0) is 16.0 Å². The zero-order valence-corrected chi connectivity index (χ0v) is 14.7. The van der Waals surface area contributed by atoms with E-state index < -0.39 is 6.04 Å². The van der Waals surface area contributed by atoms with E-state index in [0.29, 0.717) is 0 Å². The second-order valence-corrected chi connectivity index (χ2v) is 6.84. The van der Waals surface area contributed by atoms with Crippen LogP contribution in [0.2, 0.25) is 0 Å². The number of allylic oxidation sites excluding steroid dienone is 1. The molecule has 2 N–H and O–H groups in total. The standard InChI is InChI=1S/C20H24N2O3/c1-3-12(11-23)15-10-16-18-14(8-9-21-16)13-6-4-5-7-17(13)22(18)19(15)20(24)25-2/h3-7,15-16,19,21,23H,8-11H2,1-2H3. The number of aromatic nitrogens is 1. The van der Waals surface area contributed by atoms with Crippen LogP contribution in [-0.4, -0.2) is 35.9 Å². The number of nitrogens with one attached hydrogen (secondary N) is 1. The number of methoxy groups -OCH3 is 1. The molecule has 0 saturated carbocycles. The summed E-state index contributed by atoms with van der Waals surface area (Å²) in [5.41, 5.74) is 4.53. The average molecular weight is 340 g/mol. The quantitative estimate of drug-likeness (QED) is 0.666. The van der Waals surface area contributed by atoms with Crippen molar-refractivity contribution < 1.29 is 14.6 Å². The highest BCUT2D eigenvalue weighted by molar-refractivity contribution is 5.89. The first-order valence-corrected chi connectivity index (χ1v) is 8.90. The number of ether oxygens (including phenoxy) is 1. The zero-order valence-electron chi connectivity index (χ0n) is 14.7. The van der Waals surface area contributed by atoms with Gasteiger partial charge in [0, 0.05) is 28.6 Å². The van der Waals surface area contributed by atoms with Crippen LogP contribution >= 0.6 is 0 Å². The minimum Gasteiger partial charge on any atom is -0.467 e. The van der Waals surface area contributed by atoms with E-state index >= 15 is 0 Å². The minimum atomic E-state index is -0.437. The average Bonchev–Trinajstić information content (AvgIpc) is 2.99. The Labute approximate surface area is 147 Å². The summed E-state index contributed by atoms with van der Waals surface area (Å²) in [6.07, 6.45) is 3.69. The van der Waals surface area contributed by atoms with Gasteiger partial charge in [0.05, 0.1) is 13.7 Å². The van der Waals surface area contributed by atoms with Gasteiger partial charge in [0.2, 0.25) is 0 Å². The molecule has 0 spiro atoms. The van der Waals surface area contributed by atoms with Crippen molar-refractivity contribution in [1.29, 1.82) is 0 Å². The maximum absolute atomic E-state index is 12.8. The zero-order chi connectivity index (χ0) is 17.6. The summed E-state index contributed by atoms with van der Waals surface area (Å²) in [6, 6.07) is 8.05. The normalized spacial score (nSPS) is 25.7. The lowest BCUT2D eigenvalue weighted by molar-refractivity contribution is -0.146. The van der Waals surface area contributed by atoms with E-state index in [1.165, 1.54) is 23.8 Å². The summed E-state index contributed by atoms with van der Waals surface area (Å²) >= 11 is 0. The molecule has 25 heavy (non-hydrogen) atoms. The van der Waals surface area contributed by atoms with E-state index in [1.807, 2.05) is 19.1 Å². The number of rotatable bonds is 3. The SMILES string of the molecule is CC=C(CO)C1CC2NCCc3c2n(c2ccccc32)C1C(=O)OC. The van der Waals surface area contributed by atoms with Crippen LogP contribution in [0.15, 0.2) is 35.9 Å². The monoisotopic (exact) mass is 340 g/mol. The Morgan fingerprint density at radius 1 is 1.44 bits per heavy atom. The van der Waals surface area contributed by atoms with Gasteiger partial charge in [0.1, 0.15) is 6.04 Å². The van der Waals surface area contributed by atoms with Crippen LogP contribution in [0.25, 0.3) is 10.9 Å². The fraction of sp³-hybridized carbons (Fsp3) is 0.450. The summed E-state index contributed by atoms with van der Waals surface area (Å²) < 4.78 is 7.34. The Morgan fingerprint density at radius 3 is 2.96 bits per heavy atom. The van der Waals surface area contributed by atoms with Crippen LogP contribution in [0, 0.1) is 5.92 Å². The lowest BCUT2D eigenvalue weighted by Crippen LogP contribution is -2.43. The van der Waals surface area contributed by atoms with Gasteiger partial charge in [-0.25, -0.2) is 4.79 Å². The number of carbonyl (C=O) groups is 1. The molecule has 3 unspecified atom stereocenters. The summed E-state index contributed by atoms with van der Waals surface area (Å²) in [4.78, 5) is 12.8. The number of fused-ring (bicyclic) bond motifs is 3. The molecular formula is C20H24N2O3. The van der Waals surface area contributed by atoms with Crippen molar-refractivity contribution in [3.8, 4) is 0 Å². The first-order chi connectivity index (χ1) is 12.2. The molecule has 4 rings (SSSR count). The fourth-order valence-corrected chi connectivity index (χ4v) is 4.69.